The number of rotatable bonds is 11. The molecule has 0 unspecified atom stereocenters. The maximum atomic E-state index is 5.70. The van der Waals surface area contributed by atoms with Gasteiger partial charge in [0.15, 0.2) is 0 Å². The fourth-order valence-corrected chi connectivity index (χ4v) is 2.26. The number of nitrogens with zero attached hydrogens (tertiary/aromatic N) is 1. The highest BCUT2D eigenvalue weighted by Gasteiger charge is 2.13. The van der Waals surface area contributed by atoms with Crippen LogP contribution >= 0.6 is 11.6 Å². The van der Waals surface area contributed by atoms with E-state index < -0.39 is 0 Å². The first-order valence-electron chi connectivity index (χ1n) is 7.00. The van der Waals surface area contributed by atoms with Crippen LogP contribution in [0.3, 0.4) is 0 Å². The SMILES string of the molecule is CCCCCCCC[N+](C)(C)CCCCCl.[Br-]. The quantitative estimate of drug-likeness (QED) is 0.306. The third-order valence-corrected chi connectivity index (χ3v) is 3.53. The van der Waals surface area contributed by atoms with Crippen LogP contribution < -0.4 is 17.0 Å². The van der Waals surface area contributed by atoms with E-state index in [0.29, 0.717) is 0 Å². The van der Waals surface area contributed by atoms with Crippen LogP contribution in [0.5, 0.6) is 0 Å². The molecule has 0 aromatic rings. The Morgan fingerprint density at radius 3 is 1.76 bits per heavy atom. The summed E-state index contributed by atoms with van der Waals surface area (Å²) in [5.74, 6) is 0.816. The van der Waals surface area contributed by atoms with Crippen LogP contribution in [0.25, 0.3) is 0 Å². The number of hydrogen-bond donors (Lipinski definition) is 0. The molecule has 0 aliphatic heterocycles. The topological polar surface area (TPSA) is 0 Å². The second-order valence-corrected chi connectivity index (χ2v) is 5.92. The van der Waals surface area contributed by atoms with Gasteiger partial charge in [0.05, 0.1) is 27.2 Å². The molecule has 0 aromatic carbocycles. The minimum Gasteiger partial charge on any atom is -1.00 e. The third kappa shape index (κ3) is 14.7. The Kier molecular flexibility index (Phi) is 15.5. The predicted octanol–water partition coefficient (Wildman–Crippen LogP) is 1.45. The summed E-state index contributed by atoms with van der Waals surface area (Å²) in [7, 11) is 4.69. The van der Waals surface area contributed by atoms with Gasteiger partial charge in [-0.15, -0.1) is 11.6 Å². The monoisotopic (exact) mass is 327 g/mol. The molecule has 17 heavy (non-hydrogen) atoms. The van der Waals surface area contributed by atoms with E-state index in [-0.39, 0.29) is 17.0 Å². The van der Waals surface area contributed by atoms with Crippen molar-refractivity contribution in [2.24, 2.45) is 0 Å². The largest absolute Gasteiger partial charge is 1.00 e. The van der Waals surface area contributed by atoms with Crippen LogP contribution in [-0.2, 0) is 0 Å². The first-order chi connectivity index (χ1) is 7.62. The van der Waals surface area contributed by atoms with E-state index in [0.717, 1.165) is 5.88 Å². The minimum absolute atomic E-state index is 0. The molecule has 0 aliphatic carbocycles. The van der Waals surface area contributed by atoms with Crippen molar-refractivity contribution >= 4 is 11.6 Å². The van der Waals surface area contributed by atoms with Gasteiger partial charge in [-0.25, -0.2) is 0 Å². The lowest BCUT2D eigenvalue weighted by Crippen LogP contribution is -3.00. The lowest BCUT2D eigenvalue weighted by Gasteiger charge is -2.29. The molecule has 0 rings (SSSR count). The van der Waals surface area contributed by atoms with Gasteiger partial charge < -0.3 is 21.5 Å². The average Bonchev–Trinajstić information content (AvgIpc) is 2.23. The van der Waals surface area contributed by atoms with Gasteiger partial charge >= 0.3 is 0 Å². The molecule has 0 spiro atoms. The highest BCUT2D eigenvalue weighted by molar-refractivity contribution is 6.17. The van der Waals surface area contributed by atoms with Crippen molar-refractivity contribution in [2.75, 3.05) is 33.1 Å². The Hall–Kier alpha value is 0.730. The van der Waals surface area contributed by atoms with Crippen molar-refractivity contribution in [3.05, 3.63) is 0 Å². The van der Waals surface area contributed by atoms with Crippen molar-refractivity contribution in [1.29, 1.82) is 0 Å². The van der Waals surface area contributed by atoms with E-state index in [1.54, 1.807) is 0 Å². The van der Waals surface area contributed by atoms with Gasteiger partial charge in [0.1, 0.15) is 0 Å². The molecular weight excluding hydrogens is 298 g/mol. The lowest BCUT2D eigenvalue weighted by atomic mass is 10.1. The van der Waals surface area contributed by atoms with Crippen molar-refractivity contribution in [1.82, 2.24) is 0 Å². The second-order valence-electron chi connectivity index (χ2n) is 5.55. The van der Waals surface area contributed by atoms with Gasteiger partial charge in [-0.1, -0.05) is 32.6 Å². The third-order valence-electron chi connectivity index (χ3n) is 3.26. The molecule has 0 N–H and O–H groups in total. The lowest BCUT2D eigenvalue weighted by molar-refractivity contribution is -0.890. The van der Waals surface area contributed by atoms with E-state index in [1.165, 1.54) is 68.9 Å². The van der Waals surface area contributed by atoms with E-state index >= 15 is 0 Å². The Bertz CT molecular complexity index is 151. The smallest absolute Gasteiger partial charge is 0.0782 e. The number of halogens is 2. The molecular formula is C14H31BrClN. The molecule has 0 saturated carbocycles. The molecule has 0 amide bonds. The Labute approximate surface area is 124 Å². The molecule has 3 heteroatoms. The zero-order valence-corrected chi connectivity index (χ0v) is 14.3. The fourth-order valence-electron chi connectivity index (χ4n) is 2.07. The van der Waals surface area contributed by atoms with Crippen molar-refractivity contribution in [2.45, 2.75) is 58.3 Å². The van der Waals surface area contributed by atoms with Crippen LogP contribution in [0.2, 0.25) is 0 Å². The molecule has 0 aromatic heterocycles. The van der Waals surface area contributed by atoms with Crippen LogP contribution in [-0.4, -0.2) is 37.5 Å². The van der Waals surface area contributed by atoms with Gasteiger partial charge in [-0.05, 0) is 25.7 Å². The molecule has 0 heterocycles. The molecule has 106 valence electrons. The van der Waals surface area contributed by atoms with Gasteiger partial charge in [0.2, 0.25) is 0 Å². The van der Waals surface area contributed by atoms with Crippen LogP contribution in [0.1, 0.15) is 58.3 Å². The second kappa shape index (κ2) is 13.2. The summed E-state index contributed by atoms with van der Waals surface area (Å²) < 4.78 is 1.17. The Balaban J connectivity index is 0. The summed E-state index contributed by atoms with van der Waals surface area (Å²) in [6, 6.07) is 0. The number of hydrogen-bond acceptors (Lipinski definition) is 0. The molecule has 0 saturated heterocycles. The zero-order valence-electron chi connectivity index (χ0n) is 12.0. The Morgan fingerprint density at radius 2 is 1.24 bits per heavy atom. The number of unbranched alkanes of at least 4 members (excludes halogenated alkanes) is 6. The number of alkyl halides is 1. The molecule has 0 atom stereocenters. The standard InChI is InChI=1S/C14H31ClN.BrH/c1-4-5-6-7-8-10-13-16(2,3)14-11-9-12-15;/h4-14H2,1-3H3;1H/q+1;/p-1. The van der Waals surface area contributed by atoms with Crippen molar-refractivity contribution < 1.29 is 21.5 Å². The zero-order chi connectivity index (χ0) is 12.3. The van der Waals surface area contributed by atoms with Crippen LogP contribution in [0.15, 0.2) is 0 Å². The first kappa shape index (κ1) is 20.1. The molecule has 0 fully saturated rings. The van der Waals surface area contributed by atoms with E-state index in [9.17, 15) is 0 Å². The van der Waals surface area contributed by atoms with Crippen LogP contribution in [0.4, 0.5) is 0 Å². The van der Waals surface area contributed by atoms with E-state index in [4.69, 9.17) is 11.6 Å². The van der Waals surface area contributed by atoms with Crippen molar-refractivity contribution in [3.63, 3.8) is 0 Å². The van der Waals surface area contributed by atoms with Crippen molar-refractivity contribution in [3.8, 4) is 0 Å². The minimum atomic E-state index is 0. The summed E-state index contributed by atoms with van der Waals surface area (Å²) in [6.45, 7) is 4.88. The average molecular weight is 329 g/mol. The summed E-state index contributed by atoms with van der Waals surface area (Å²) in [5.41, 5.74) is 0. The first-order valence-corrected chi connectivity index (χ1v) is 7.54. The van der Waals surface area contributed by atoms with E-state index in [1.807, 2.05) is 0 Å². The van der Waals surface area contributed by atoms with Gasteiger partial charge in [-0.3, -0.25) is 0 Å². The van der Waals surface area contributed by atoms with Gasteiger partial charge in [-0.2, -0.15) is 0 Å². The highest BCUT2D eigenvalue weighted by Crippen LogP contribution is 2.09. The van der Waals surface area contributed by atoms with Crippen LogP contribution in [0, 0.1) is 0 Å². The predicted molar refractivity (Wildman–Crippen MR) is 75.2 cm³/mol. The normalized spacial score (nSPS) is 11.3. The van der Waals surface area contributed by atoms with Gasteiger partial charge in [0, 0.05) is 5.88 Å². The maximum absolute atomic E-state index is 5.70. The summed E-state index contributed by atoms with van der Waals surface area (Å²) in [4.78, 5) is 0. The fraction of sp³-hybridized carbons (Fsp3) is 1.00. The Morgan fingerprint density at radius 1 is 0.765 bits per heavy atom. The number of quaternary nitrogens is 1. The molecule has 0 radical (unpaired) electrons. The highest BCUT2D eigenvalue weighted by atomic mass is 79.9. The van der Waals surface area contributed by atoms with Gasteiger partial charge in [0.25, 0.3) is 0 Å². The molecule has 0 aliphatic rings. The summed E-state index contributed by atoms with van der Waals surface area (Å²) in [5, 5.41) is 0. The van der Waals surface area contributed by atoms with E-state index in [2.05, 4.69) is 21.0 Å². The molecule has 1 nitrogen and oxygen atoms in total. The molecule has 0 bridgehead atoms. The summed E-state index contributed by atoms with van der Waals surface area (Å²) in [6.07, 6.45) is 10.8. The maximum Gasteiger partial charge on any atom is 0.0782 e. The summed E-state index contributed by atoms with van der Waals surface area (Å²) >= 11 is 5.70.